The zero-order valence-corrected chi connectivity index (χ0v) is 20.3. The second-order valence-corrected chi connectivity index (χ2v) is 9.30. The number of nitrogens with zero attached hydrogens (tertiary/aromatic N) is 3. The number of aryl methyl sites for hydroxylation is 3. The lowest BCUT2D eigenvalue weighted by Gasteiger charge is -2.22. The van der Waals surface area contributed by atoms with Crippen molar-refractivity contribution in [1.29, 1.82) is 0 Å². The average Bonchev–Trinajstić information content (AvgIpc) is 3.12. The van der Waals surface area contributed by atoms with Crippen LogP contribution in [0.15, 0.2) is 30.3 Å². The number of ether oxygens (including phenoxy) is 1. The summed E-state index contributed by atoms with van der Waals surface area (Å²) < 4.78 is 6.79. The average molecular weight is 440 g/mol. The van der Waals surface area contributed by atoms with Crippen molar-refractivity contribution in [2.75, 3.05) is 38.7 Å². The number of amides is 1. The van der Waals surface area contributed by atoms with Crippen LogP contribution >= 0.6 is 11.3 Å². The van der Waals surface area contributed by atoms with E-state index < -0.39 is 0 Å². The first-order valence-electron chi connectivity index (χ1n) is 10.8. The van der Waals surface area contributed by atoms with Gasteiger partial charge in [-0.1, -0.05) is 35.1 Å². The maximum Gasteiger partial charge on any atom is 0.233 e. The molecule has 0 aliphatic heterocycles. The van der Waals surface area contributed by atoms with Gasteiger partial charge in [0.1, 0.15) is 11.3 Å². The Bertz CT molecular complexity index is 1040. The summed E-state index contributed by atoms with van der Waals surface area (Å²) in [5.41, 5.74) is 5.51. The minimum atomic E-state index is 0.0887. The van der Waals surface area contributed by atoms with Gasteiger partial charge in [-0.3, -0.25) is 9.69 Å². The van der Waals surface area contributed by atoms with Crippen LogP contribution in [0.2, 0.25) is 0 Å². The number of para-hydroxylation sites is 1. The summed E-state index contributed by atoms with van der Waals surface area (Å²) in [5.74, 6) is 0.860. The number of fused-ring (bicyclic) bond motifs is 1. The highest BCUT2D eigenvalue weighted by Gasteiger charge is 2.22. The monoisotopic (exact) mass is 439 g/mol. The standard InChI is InChI=1S/C25H33N3O2S/c1-7-30-21-10-8-11-22-24(21)26-25(31-22)28(13-9-12-27(5)6)23(29)16-20-18(3)14-17(2)15-19(20)4/h8,10-11,14-15H,7,9,12-13,16H2,1-6H3. The zero-order chi connectivity index (χ0) is 22.5. The Morgan fingerprint density at radius 1 is 1.10 bits per heavy atom. The van der Waals surface area contributed by atoms with E-state index in [9.17, 15) is 4.79 Å². The van der Waals surface area contributed by atoms with Crippen LogP contribution in [-0.2, 0) is 11.2 Å². The Labute approximate surface area is 189 Å². The first-order chi connectivity index (χ1) is 14.8. The molecule has 5 nitrogen and oxygen atoms in total. The zero-order valence-electron chi connectivity index (χ0n) is 19.5. The van der Waals surface area contributed by atoms with Gasteiger partial charge in [-0.05, 0) is 83.6 Å². The number of hydrogen-bond acceptors (Lipinski definition) is 5. The van der Waals surface area contributed by atoms with Crippen molar-refractivity contribution in [1.82, 2.24) is 9.88 Å². The SMILES string of the molecule is CCOc1cccc2sc(N(CCCN(C)C)C(=O)Cc3c(C)cc(C)cc3C)nc12. The summed E-state index contributed by atoms with van der Waals surface area (Å²) in [6.07, 6.45) is 1.27. The van der Waals surface area contributed by atoms with Crippen molar-refractivity contribution >= 4 is 32.6 Å². The number of carbonyl (C=O) groups excluding carboxylic acids is 1. The minimum Gasteiger partial charge on any atom is -0.492 e. The summed E-state index contributed by atoms with van der Waals surface area (Å²) >= 11 is 1.55. The number of anilines is 1. The number of benzene rings is 2. The first kappa shape index (κ1) is 23.2. The van der Waals surface area contributed by atoms with Crippen LogP contribution in [0.5, 0.6) is 5.75 Å². The summed E-state index contributed by atoms with van der Waals surface area (Å²) in [6.45, 7) is 10.4. The third-order valence-electron chi connectivity index (χ3n) is 5.36. The van der Waals surface area contributed by atoms with Gasteiger partial charge < -0.3 is 9.64 Å². The van der Waals surface area contributed by atoms with Gasteiger partial charge >= 0.3 is 0 Å². The lowest BCUT2D eigenvalue weighted by Crippen LogP contribution is -2.34. The highest BCUT2D eigenvalue weighted by Crippen LogP contribution is 2.34. The van der Waals surface area contributed by atoms with E-state index >= 15 is 0 Å². The molecule has 0 aliphatic rings. The van der Waals surface area contributed by atoms with E-state index in [1.807, 2.05) is 30.0 Å². The molecule has 6 heteroatoms. The molecule has 0 N–H and O–H groups in total. The smallest absolute Gasteiger partial charge is 0.233 e. The van der Waals surface area contributed by atoms with Gasteiger partial charge in [0.2, 0.25) is 5.91 Å². The lowest BCUT2D eigenvalue weighted by atomic mass is 9.97. The molecule has 166 valence electrons. The van der Waals surface area contributed by atoms with Crippen molar-refractivity contribution < 1.29 is 9.53 Å². The van der Waals surface area contributed by atoms with Crippen molar-refractivity contribution in [2.45, 2.75) is 40.5 Å². The predicted molar refractivity (Wildman–Crippen MR) is 131 cm³/mol. The fourth-order valence-electron chi connectivity index (χ4n) is 3.91. The van der Waals surface area contributed by atoms with E-state index in [0.717, 1.165) is 39.6 Å². The molecule has 0 fully saturated rings. The Hall–Kier alpha value is -2.44. The molecule has 0 spiro atoms. The Morgan fingerprint density at radius 3 is 2.45 bits per heavy atom. The van der Waals surface area contributed by atoms with Gasteiger partial charge in [-0.15, -0.1) is 0 Å². The fourth-order valence-corrected chi connectivity index (χ4v) is 4.93. The minimum absolute atomic E-state index is 0.0887. The molecule has 0 bridgehead atoms. The van der Waals surface area contributed by atoms with E-state index in [1.165, 1.54) is 16.7 Å². The highest BCUT2D eigenvalue weighted by molar-refractivity contribution is 7.22. The lowest BCUT2D eigenvalue weighted by molar-refractivity contribution is -0.118. The molecule has 0 radical (unpaired) electrons. The molecule has 31 heavy (non-hydrogen) atoms. The van der Waals surface area contributed by atoms with E-state index in [-0.39, 0.29) is 5.91 Å². The van der Waals surface area contributed by atoms with E-state index in [2.05, 4.69) is 51.9 Å². The van der Waals surface area contributed by atoms with Crippen LogP contribution in [0.3, 0.4) is 0 Å². The predicted octanol–water partition coefficient (Wildman–Crippen LogP) is 5.15. The van der Waals surface area contributed by atoms with E-state index in [1.54, 1.807) is 11.3 Å². The molecule has 0 atom stereocenters. The van der Waals surface area contributed by atoms with E-state index in [0.29, 0.717) is 19.6 Å². The van der Waals surface area contributed by atoms with E-state index in [4.69, 9.17) is 9.72 Å². The van der Waals surface area contributed by atoms with Gasteiger partial charge in [0.25, 0.3) is 0 Å². The quantitative estimate of drug-likeness (QED) is 0.463. The normalized spacial score (nSPS) is 11.3. The first-order valence-corrected chi connectivity index (χ1v) is 11.7. The molecule has 3 aromatic rings. The van der Waals surface area contributed by atoms with Crippen LogP contribution in [0.25, 0.3) is 10.2 Å². The van der Waals surface area contributed by atoms with Gasteiger partial charge in [-0.25, -0.2) is 4.98 Å². The maximum absolute atomic E-state index is 13.5. The van der Waals surface area contributed by atoms with Gasteiger partial charge in [-0.2, -0.15) is 0 Å². The van der Waals surface area contributed by atoms with Crippen LogP contribution in [0.4, 0.5) is 5.13 Å². The molecule has 0 saturated carbocycles. The summed E-state index contributed by atoms with van der Waals surface area (Å²) in [7, 11) is 4.11. The maximum atomic E-state index is 13.5. The third kappa shape index (κ3) is 5.63. The Morgan fingerprint density at radius 2 is 1.81 bits per heavy atom. The van der Waals surface area contributed by atoms with Gasteiger partial charge in [0.05, 0.1) is 17.7 Å². The molecule has 1 amide bonds. The fraction of sp³-hybridized carbons (Fsp3) is 0.440. The molecule has 0 unspecified atom stereocenters. The Balaban J connectivity index is 1.93. The molecule has 0 aliphatic carbocycles. The molecular weight excluding hydrogens is 406 g/mol. The van der Waals surface area contributed by atoms with Crippen LogP contribution in [0.1, 0.15) is 35.6 Å². The summed E-state index contributed by atoms with van der Waals surface area (Å²) in [5, 5.41) is 0.744. The van der Waals surface area contributed by atoms with Crippen molar-refractivity contribution in [3.63, 3.8) is 0 Å². The largest absolute Gasteiger partial charge is 0.492 e. The van der Waals surface area contributed by atoms with Crippen LogP contribution < -0.4 is 9.64 Å². The van der Waals surface area contributed by atoms with Crippen LogP contribution in [-0.4, -0.2) is 49.6 Å². The highest BCUT2D eigenvalue weighted by atomic mass is 32.1. The molecule has 2 aromatic carbocycles. The van der Waals surface area contributed by atoms with Gasteiger partial charge in [0, 0.05) is 6.54 Å². The van der Waals surface area contributed by atoms with Crippen molar-refractivity contribution in [2.24, 2.45) is 0 Å². The number of hydrogen-bond donors (Lipinski definition) is 0. The van der Waals surface area contributed by atoms with Crippen LogP contribution in [0, 0.1) is 20.8 Å². The number of thiazole rings is 1. The topological polar surface area (TPSA) is 45.7 Å². The third-order valence-corrected chi connectivity index (χ3v) is 6.40. The second kappa shape index (κ2) is 10.2. The van der Waals surface area contributed by atoms with Crippen molar-refractivity contribution in [3.8, 4) is 5.75 Å². The number of rotatable bonds is 9. The number of carbonyl (C=O) groups is 1. The molecule has 1 heterocycles. The molecule has 0 saturated heterocycles. The second-order valence-electron chi connectivity index (χ2n) is 8.29. The summed E-state index contributed by atoms with van der Waals surface area (Å²) in [4.78, 5) is 22.4. The molecular formula is C25H33N3O2S. The number of aromatic nitrogens is 1. The molecule has 3 rings (SSSR count). The van der Waals surface area contributed by atoms with Crippen molar-refractivity contribution in [3.05, 3.63) is 52.6 Å². The Kier molecular flexibility index (Phi) is 7.68. The van der Waals surface area contributed by atoms with Gasteiger partial charge in [0.15, 0.2) is 5.13 Å². The molecule has 1 aromatic heterocycles. The summed E-state index contributed by atoms with van der Waals surface area (Å²) in [6, 6.07) is 10.3.